The zero-order chi connectivity index (χ0) is 10.6. The fraction of sp³-hybridized carbons (Fsp3) is 0.667. The van der Waals surface area contributed by atoms with Crippen LogP contribution < -0.4 is 0 Å². The minimum Gasteiger partial charge on any atom is -0.298 e. The molecule has 0 saturated heterocycles. The average molecular weight is 189 g/mol. The summed E-state index contributed by atoms with van der Waals surface area (Å²) in [6.45, 7) is 5.95. The maximum atomic E-state index is 12.0. The highest BCUT2D eigenvalue weighted by Crippen LogP contribution is 2.61. The summed E-state index contributed by atoms with van der Waals surface area (Å²) < 4.78 is 0. The first-order valence-electron chi connectivity index (χ1n) is 5.07. The second-order valence-electron chi connectivity index (χ2n) is 5.33. The minimum atomic E-state index is -0.759. The Morgan fingerprint density at radius 3 is 2.71 bits per heavy atom. The van der Waals surface area contributed by atoms with Crippen LogP contribution in [-0.4, -0.2) is 5.78 Å². The Morgan fingerprint density at radius 2 is 2.21 bits per heavy atom. The number of carbonyl (C=O) groups excluding carboxylic acids is 1. The van der Waals surface area contributed by atoms with Gasteiger partial charge in [0.15, 0.2) is 5.78 Å². The van der Waals surface area contributed by atoms with E-state index in [1.165, 1.54) is 0 Å². The van der Waals surface area contributed by atoms with Crippen molar-refractivity contribution in [1.29, 1.82) is 5.26 Å². The molecular weight excluding hydrogens is 174 g/mol. The molecule has 2 aliphatic rings. The van der Waals surface area contributed by atoms with Crippen molar-refractivity contribution in [1.82, 2.24) is 0 Å². The summed E-state index contributed by atoms with van der Waals surface area (Å²) in [5, 5.41) is 9.28. The van der Waals surface area contributed by atoms with Gasteiger partial charge < -0.3 is 0 Å². The van der Waals surface area contributed by atoms with Crippen molar-refractivity contribution >= 4 is 5.78 Å². The van der Waals surface area contributed by atoms with Gasteiger partial charge in [-0.1, -0.05) is 32.9 Å². The minimum absolute atomic E-state index is 0.105. The van der Waals surface area contributed by atoms with Gasteiger partial charge in [0.1, 0.15) is 5.41 Å². The Kier molecular flexibility index (Phi) is 1.67. The summed E-state index contributed by atoms with van der Waals surface area (Å²) in [5.74, 6) is 0.427. The smallest absolute Gasteiger partial charge is 0.158 e. The lowest BCUT2D eigenvalue weighted by molar-refractivity contribution is -0.155. The van der Waals surface area contributed by atoms with Gasteiger partial charge in [-0.25, -0.2) is 0 Å². The van der Waals surface area contributed by atoms with Crippen molar-refractivity contribution < 1.29 is 4.79 Å². The second kappa shape index (κ2) is 2.48. The fourth-order valence-corrected chi connectivity index (χ4v) is 2.90. The van der Waals surface area contributed by atoms with Crippen LogP contribution in [0, 0.1) is 34.0 Å². The summed E-state index contributed by atoms with van der Waals surface area (Å²) in [7, 11) is 0. The monoisotopic (exact) mass is 189 g/mol. The van der Waals surface area contributed by atoms with Crippen LogP contribution >= 0.6 is 0 Å². The van der Waals surface area contributed by atoms with E-state index in [0.717, 1.165) is 6.42 Å². The first kappa shape index (κ1) is 9.45. The molecule has 0 aromatic heterocycles. The van der Waals surface area contributed by atoms with Gasteiger partial charge in [0, 0.05) is 11.8 Å². The van der Waals surface area contributed by atoms with Gasteiger partial charge in [-0.15, -0.1) is 0 Å². The van der Waals surface area contributed by atoms with E-state index in [0.29, 0.717) is 0 Å². The van der Waals surface area contributed by atoms with Crippen molar-refractivity contribution in [2.24, 2.45) is 22.7 Å². The van der Waals surface area contributed by atoms with Crippen molar-refractivity contribution in [3.05, 3.63) is 12.2 Å². The highest BCUT2D eigenvalue weighted by molar-refractivity contribution is 5.98. The molecule has 0 heterocycles. The van der Waals surface area contributed by atoms with E-state index < -0.39 is 5.41 Å². The molecule has 2 aliphatic carbocycles. The molecule has 74 valence electrons. The largest absolute Gasteiger partial charge is 0.298 e. The number of fused-ring (bicyclic) bond motifs is 1. The summed E-state index contributed by atoms with van der Waals surface area (Å²) in [6.07, 6.45) is 4.93. The zero-order valence-corrected chi connectivity index (χ0v) is 8.87. The van der Waals surface area contributed by atoms with Crippen LogP contribution in [0.1, 0.15) is 27.2 Å². The van der Waals surface area contributed by atoms with Gasteiger partial charge in [-0.3, -0.25) is 4.79 Å². The van der Waals surface area contributed by atoms with Crippen molar-refractivity contribution in [2.45, 2.75) is 27.2 Å². The molecule has 2 rings (SSSR count). The van der Waals surface area contributed by atoms with Crippen LogP contribution in [0.2, 0.25) is 0 Å². The number of hydrogen-bond acceptors (Lipinski definition) is 2. The average Bonchev–Trinajstić information content (AvgIpc) is 2.48. The highest BCUT2D eigenvalue weighted by Gasteiger charge is 2.67. The first-order chi connectivity index (χ1) is 6.45. The third-order valence-electron chi connectivity index (χ3n) is 3.75. The molecular formula is C12H15NO. The number of nitriles is 1. The molecule has 1 fully saturated rings. The SMILES string of the molecule is CC(C)(C)[C@]1(C#N)C(=O)[C@@H]2CC=C[C@@H]21. The Labute approximate surface area is 84.6 Å². The molecule has 2 nitrogen and oxygen atoms in total. The summed E-state index contributed by atoms with van der Waals surface area (Å²) in [4.78, 5) is 12.0. The Morgan fingerprint density at radius 1 is 1.57 bits per heavy atom. The van der Waals surface area contributed by atoms with Crippen molar-refractivity contribution in [3.8, 4) is 6.07 Å². The molecule has 0 bridgehead atoms. The summed E-state index contributed by atoms with van der Waals surface area (Å²) in [6, 6.07) is 2.28. The molecule has 14 heavy (non-hydrogen) atoms. The van der Waals surface area contributed by atoms with Crippen LogP contribution in [-0.2, 0) is 4.79 Å². The van der Waals surface area contributed by atoms with E-state index in [1.807, 2.05) is 26.8 Å². The number of rotatable bonds is 0. The Balaban J connectivity index is 2.45. The first-order valence-corrected chi connectivity index (χ1v) is 5.07. The van der Waals surface area contributed by atoms with E-state index in [1.54, 1.807) is 0 Å². The lowest BCUT2D eigenvalue weighted by atomic mass is 9.45. The quantitative estimate of drug-likeness (QED) is 0.549. The normalized spacial score (nSPS) is 40.3. The standard InChI is InChI=1S/C12H15NO/c1-11(2,3)12(7-13)9-6-4-5-8(9)10(12)14/h4,6,8-9H,5H2,1-3H3/t8-,9+,12+/m1/s1. The number of carbonyl (C=O) groups is 1. The van der Waals surface area contributed by atoms with Gasteiger partial charge in [0.25, 0.3) is 0 Å². The molecule has 0 amide bonds. The van der Waals surface area contributed by atoms with Crippen LogP contribution in [0.15, 0.2) is 12.2 Å². The zero-order valence-electron chi connectivity index (χ0n) is 8.87. The predicted octanol–water partition coefficient (Wildman–Crippen LogP) is 2.32. The maximum Gasteiger partial charge on any atom is 0.158 e. The van der Waals surface area contributed by atoms with Gasteiger partial charge in [0.2, 0.25) is 0 Å². The molecule has 0 spiro atoms. The van der Waals surface area contributed by atoms with Crippen LogP contribution in [0.4, 0.5) is 0 Å². The summed E-state index contributed by atoms with van der Waals surface area (Å²) >= 11 is 0. The Hall–Kier alpha value is -1.10. The Bertz CT molecular complexity index is 355. The lowest BCUT2D eigenvalue weighted by Gasteiger charge is -2.52. The van der Waals surface area contributed by atoms with Crippen molar-refractivity contribution in [3.63, 3.8) is 0 Å². The second-order valence-corrected chi connectivity index (χ2v) is 5.33. The molecule has 0 unspecified atom stereocenters. The van der Waals surface area contributed by atoms with Crippen LogP contribution in [0.3, 0.4) is 0 Å². The number of allylic oxidation sites excluding steroid dienone is 2. The van der Waals surface area contributed by atoms with Crippen molar-refractivity contribution in [2.75, 3.05) is 0 Å². The van der Waals surface area contributed by atoms with Crippen LogP contribution in [0.5, 0.6) is 0 Å². The van der Waals surface area contributed by atoms with E-state index in [2.05, 4.69) is 12.1 Å². The van der Waals surface area contributed by atoms with E-state index in [4.69, 9.17) is 0 Å². The molecule has 0 radical (unpaired) electrons. The third-order valence-corrected chi connectivity index (χ3v) is 3.75. The van der Waals surface area contributed by atoms with Gasteiger partial charge >= 0.3 is 0 Å². The third kappa shape index (κ3) is 0.785. The number of hydrogen-bond donors (Lipinski definition) is 0. The molecule has 0 N–H and O–H groups in total. The molecule has 2 heteroatoms. The maximum absolute atomic E-state index is 12.0. The van der Waals surface area contributed by atoms with Gasteiger partial charge in [-0.2, -0.15) is 5.26 Å². The highest BCUT2D eigenvalue weighted by atomic mass is 16.1. The predicted molar refractivity (Wildman–Crippen MR) is 53.2 cm³/mol. The van der Waals surface area contributed by atoms with Gasteiger partial charge in [0.05, 0.1) is 6.07 Å². The number of nitrogens with zero attached hydrogens (tertiary/aromatic N) is 1. The topological polar surface area (TPSA) is 40.9 Å². The molecule has 0 aromatic carbocycles. The van der Waals surface area contributed by atoms with Gasteiger partial charge in [-0.05, 0) is 11.8 Å². The summed E-state index contributed by atoms with van der Waals surface area (Å²) in [5.41, 5.74) is -1.01. The lowest BCUT2D eigenvalue weighted by Crippen LogP contribution is -2.61. The molecule has 0 aliphatic heterocycles. The van der Waals surface area contributed by atoms with E-state index in [9.17, 15) is 10.1 Å². The molecule has 1 saturated carbocycles. The van der Waals surface area contributed by atoms with E-state index >= 15 is 0 Å². The molecule has 0 aromatic rings. The number of ketones is 1. The fourth-order valence-electron chi connectivity index (χ4n) is 2.90. The molecule has 3 atom stereocenters. The van der Waals surface area contributed by atoms with Crippen LogP contribution in [0.25, 0.3) is 0 Å². The number of Topliss-reactive ketones (excluding diaryl/α,β-unsaturated/α-hetero) is 1. The van der Waals surface area contributed by atoms with E-state index in [-0.39, 0.29) is 23.0 Å².